The molecule has 0 amide bonds. The van der Waals surface area contributed by atoms with Crippen LogP contribution in [0, 0.1) is 0 Å². The van der Waals surface area contributed by atoms with Crippen molar-refractivity contribution in [1.29, 1.82) is 0 Å². The lowest BCUT2D eigenvalue weighted by atomic mass is 10.1. The van der Waals surface area contributed by atoms with Gasteiger partial charge in [0.15, 0.2) is 5.91 Å². The number of alkyl halides is 4. The highest BCUT2D eigenvalue weighted by molar-refractivity contribution is 7.72. The standard InChI is InChI=1S/C24H33F4N2PS.C2H6/c1-7-8-9-16(2)17(3)30-31(6,13-12-24(26,27)28)23(25)19-10-11-21-20(14-19)15-22(32-21)18(4)29-5;1-2/h10-11,14-15,17,23,29-30H,2,4,6-9,12-13H2,1,3,5H3;1-2H3. The average Bonchev–Trinajstić information content (AvgIpc) is 3.24. The molecule has 1 heterocycles. The van der Waals surface area contributed by atoms with Crippen molar-refractivity contribution in [3.63, 3.8) is 0 Å². The summed E-state index contributed by atoms with van der Waals surface area (Å²) >= 11 is 1.53. The summed E-state index contributed by atoms with van der Waals surface area (Å²) in [5, 5.41) is 6.99. The van der Waals surface area contributed by atoms with Crippen LogP contribution in [-0.2, 0) is 0 Å². The molecule has 1 aromatic heterocycles. The van der Waals surface area contributed by atoms with Crippen LogP contribution in [0.2, 0.25) is 0 Å². The van der Waals surface area contributed by atoms with E-state index in [-0.39, 0.29) is 12.2 Å². The number of hydrogen-bond acceptors (Lipinski definition) is 3. The Morgan fingerprint density at radius 1 is 1.18 bits per heavy atom. The van der Waals surface area contributed by atoms with E-state index in [9.17, 15) is 13.2 Å². The first-order chi connectivity index (χ1) is 15.9. The van der Waals surface area contributed by atoms with Crippen molar-refractivity contribution in [3.8, 4) is 0 Å². The minimum Gasteiger partial charge on any atom is -0.387 e. The van der Waals surface area contributed by atoms with Gasteiger partial charge in [-0.3, -0.25) is 5.09 Å². The van der Waals surface area contributed by atoms with Crippen LogP contribution in [0.4, 0.5) is 17.6 Å². The van der Waals surface area contributed by atoms with Gasteiger partial charge in [-0.2, -0.15) is 13.2 Å². The molecule has 2 rings (SSSR count). The van der Waals surface area contributed by atoms with Gasteiger partial charge in [0.1, 0.15) is 0 Å². The van der Waals surface area contributed by atoms with Gasteiger partial charge < -0.3 is 5.32 Å². The van der Waals surface area contributed by atoms with Crippen LogP contribution in [-0.4, -0.2) is 31.7 Å². The summed E-state index contributed by atoms with van der Waals surface area (Å²) in [6.07, 6.45) is 0.902. The van der Waals surface area contributed by atoms with Gasteiger partial charge in [0.05, 0.1) is 4.88 Å². The summed E-state index contributed by atoms with van der Waals surface area (Å²) in [7, 11) is -1.31. The molecule has 0 fully saturated rings. The molecule has 0 aliphatic rings. The molecular formula is C26H39F4N2PS. The third kappa shape index (κ3) is 8.58. The maximum absolute atomic E-state index is 15.9. The highest BCUT2D eigenvalue weighted by Crippen LogP contribution is 2.58. The second-order valence-corrected chi connectivity index (χ2v) is 12.5. The Morgan fingerprint density at radius 3 is 2.38 bits per heavy atom. The Kier molecular flexibility index (Phi) is 12.1. The Balaban J connectivity index is 0.00000281. The average molecular weight is 519 g/mol. The lowest BCUT2D eigenvalue weighted by Gasteiger charge is -2.34. The number of fused-ring (bicyclic) bond motifs is 1. The van der Waals surface area contributed by atoms with Gasteiger partial charge in [0.25, 0.3) is 0 Å². The number of hydrogen-bond donors (Lipinski definition) is 2. The van der Waals surface area contributed by atoms with E-state index in [0.29, 0.717) is 5.56 Å². The second kappa shape index (κ2) is 13.5. The summed E-state index contributed by atoms with van der Waals surface area (Å²) in [6, 6.07) is 6.78. The molecule has 3 unspecified atom stereocenters. The lowest BCUT2D eigenvalue weighted by molar-refractivity contribution is -0.129. The minimum absolute atomic E-state index is 0.311. The van der Waals surface area contributed by atoms with Crippen LogP contribution in [0.3, 0.4) is 0 Å². The van der Waals surface area contributed by atoms with Crippen molar-refractivity contribution in [3.05, 3.63) is 53.4 Å². The van der Waals surface area contributed by atoms with Gasteiger partial charge in [-0.15, -0.1) is 11.3 Å². The predicted octanol–water partition coefficient (Wildman–Crippen LogP) is 9.13. The highest BCUT2D eigenvalue weighted by Gasteiger charge is 2.35. The number of halogens is 4. The maximum Gasteiger partial charge on any atom is 0.389 e. The van der Waals surface area contributed by atoms with E-state index >= 15 is 4.39 Å². The van der Waals surface area contributed by atoms with Crippen LogP contribution in [0.5, 0.6) is 0 Å². The molecule has 1 aromatic carbocycles. The summed E-state index contributed by atoms with van der Waals surface area (Å²) < 4.78 is 56.0. The molecule has 2 aromatic rings. The Morgan fingerprint density at radius 2 is 1.82 bits per heavy atom. The summed E-state index contributed by atoms with van der Waals surface area (Å²) in [4.78, 5) is 0.932. The van der Waals surface area contributed by atoms with Gasteiger partial charge in [-0.25, -0.2) is 4.39 Å². The largest absolute Gasteiger partial charge is 0.389 e. The Labute approximate surface area is 206 Å². The van der Waals surface area contributed by atoms with Gasteiger partial charge in [0.2, 0.25) is 0 Å². The van der Waals surface area contributed by atoms with Crippen molar-refractivity contribution in [2.24, 2.45) is 0 Å². The second-order valence-electron chi connectivity index (χ2n) is 8.21. The predicted molar refractivity (Wildman–Crippen MR) is 146 cm³/mol. The molecule has 34 heavy (non-hydrogen) atoms. The monoisotopic (exact) mass is 518 g/mol. The van der Waals surface area contributed by atoms with E-state index in [1.807, 2.05) is 32.9 Å². The van der Waals surface area contributed by atoms with Crippen molar-refractivity contribution in [1.82, 2.24) is 10.4 Å². The fraction of sp³-hybridized carbons (Fsp3) is 0.500. The molecular weight excluding hydrogens is 479 g/mol. The molecule has 0 aliphatic carbocycles. The normalized spacial score (nSPS) is 15.1. The van der Waals surface area contributed by atoms with E-state index in [1.54, 1.807) is 19.2 Å². The quantitative estimate of drug-likeness (QED) is 0.166. The van der Waals surface area contributed by atoms with Gasteiger partial charge in [-0.1, -0.05) is 58.3 Å². The van der Waals surface area contributed by atoms with Crippen LogP contribution in [0.25, 0.3) is 15.8 Å². The molecule has 2 N–H and O–H groups in total. The number of rotatable bonds is 12. The minimum atomic E-state index is -4.37. The van der Waals surface area contributed by atoms with Gasteiger partial charge in [-0.05, 0) is 62.1 Å². The fourth-order valence-electron chi connectivity index (χ4n) is 3.43. The zero-order valence-electron chi connectivity index (χ0n) is 21.0. The highest BCUT2D eigenvalue weighted by atomic mass is 32.1. The molecule has 0 bridgehead atoms. The molecule has 0 spiro atoms. The first kappa shape index (κ1) is 30.5. The molecule has 3 atom stereocenters. The maximum atomic E-state index is 15.9. The third-order valence-corrected chi connectivity index (χ3v) is 9.82. The SMILES string of the molecule is C=C(NC)c1cc2cc(C(F)P(=C)(CCC(F)(F)F)NC(C)C(=C)CCCC)ccc2s1.CC. The van der Waals surface area contributed by atoms with Gasteiger partial charge >= 0.3 is 6.18 Å². The van der Waals surface area contributed by atoms with E-state index in [1.165, 1.54) is 11.3 Å². The third-order valence-electron chi connectivity index (χ3n) is 5.56. The van der Waals surface area contributed by atoms with E-state index < -0.39 is 25.5 Å². The van der Waals surface area contributed by atoms with E-state index in [0.717, 1.165) is 45.5 Å². The molecule has 0 radical (unpaired) electrons. The zero-order chi connectivity index (χ0) is 26.1. The Bertz CT molecular complexity index is 996. The number of nitrogens with one attached hydrogen (secondary N) is 2. The van der Waals surface area contributed by atoms with Crippen LogP contribution < -0.4 is 10.4 Å². The van der Waals surface area contributed by atoms with Crippen molar-refractivity contribution in [2.45, 2.75) is 71.5 Å². The van der Waals surface area contributed by atoms with E-state index in [2.05, 4.69) is 36.8 Å². The first-order valence-corrected chi connectivity index (χ1v) is 14.7. The topological polar surface area (TPSA) is 24.1 Å². The first-order valence-electron chi connectivity index (χ1n) is 11.7. The van der Waals surface area contributed by atoms with E-state index in [4.69, 9.17) is 0 Å². The summed E-state index contributed by atoms with van der Waals surface area (Å²) in [5.41, 5.74) is 1.97. The number of benzene rings is 1. The molecule has 0 saturated heterocycles. The zero-order valence-corrected chi connectivity index (χ0v) is 22.7. The molecule has 2 nitrogen and oxygen atoms in total. The molecule has 8 heteroatoms. The lowest BCUT2D eigenvalue weighted by Crippen LogP contribution is -2.29. The fourth-order valence-corrected chi connectivity index (χ4v) is 7.28. The molecule has 192 valence electrons. The van der Waals surface area contributed by atoms with Crippen molar-refractivity contribution >= 4 is 40.5 Å². The van der Waals surface area contributed by atoms with Crippen molar-refractivity contribution < 1.29 is 17.6 Å². The smallest absolute Gasteiger partial charge is 0.387 e. The summed E-state index contributed by atoms with van der Waals surface area (Å²) in [5.74, 6) is -1.62. The Hall–Kier alpha value is -1.56. The van der Waals surface area contributed by atoms with Crippen LogP contribution >= 0.6 is 18.4 Å². The van der Waals surface area contributed by atoms with Gasteiger partial charge in [0, 0.05) is 29.9 Å². The molecule has 0 saturated carbocycles. The molecule has 0 aliphatic heterocycles. The van der Waals surface area contributed by atoms with Crippen molar-refractivity contribution in [2.75, 3.05) is 13.2 Å². The number of thiophene rings is 1. The number of unbranched alkanes of at least 4 members (excludes halogenated alkanes) is 1. The van der Waals surface area contributed by atoms with Crippen LogP contribution in [0.1, 0.15) is 69.7 Å². The van der Waals surface area contributed by atoms with Crippen LogP contribution in [0.15, 0.2) is 43.0 Å². The summed E-state index contributed by atoms with van der Waals surface area (Å²) in [6.45, 7) is 15.9.